The van der Waals surface area contributed by atoms with Gasteiger partial charge in [0.2, 0.25) is 0 Å². The van der Waals surface area contributed by atoms with Crippen molar-refractivity contribution in [2.24, 2.45) is 5.92 Å². The molecule has 0 spiro atoms. The maximum absolute atomic E-state index is 6.22. The first-order valence-corrected chi connectivity index (χ1v) is 7.35. The van der Waals surface area contributed by atoms with Gasteiger partial charge in [-0.1, -0.05) is 13.8 Å². The van der Waals surface area contributed by atoms with E-state index in [4.69, 9.17) is 21.1 Å². The average Bonchev–Trinajstić information content (AvgIpc) is 2.15. The van der Waals surface area contributed by atoms with Crippen LogP contribution < -0.4 is 0 Å². The molecular weight excluding hydrogens is 248 g/mol. The molecule has 0 aliphatic heterocycles. The Kier molecular flexibility index (Phi) is 6.66. The highest BCUT2D eigenvalue weighted by atomic mass is 35.5. The molecular formula is C15H31ClO2. The molecule has 0 aliphatic rings. The van der Waals surface area contributed by atoms with Crippen LogP contribution in [0, 0.1) is 5.92 Å². The van der Waals surface area contributed by atoms with Gasteiger partial charge in [0.15, 0.2) is 0 Å². The van der Waals surface area contributed by atoms with Crippen LogP contribution in [-0.2, 0) is 9.47 Å². The zero-order chi connectivity index (χ0) is 14.6. The molecule has 0 aliphatic carbocycles. The molecule has 0 unspecified atom stereocenters. The van der Waals surface area contributed by atoms with Crippen LogP contribution in [0.25, 0.3) is 0 Å². The molecule has 0 atom stereocenters. The third kappa shape index (κ3) is 6.96. The molecule has 0 saturated heterocycles. The standard InChI is InChI=1S/C15H31ClO2/c1-12(2)15(7,8)18-13(3,4)9-10-17-14(5,6)11-16/h12H,9-11H2,1-8H3. The molecule has 0 radical (unpaired) electrons. The predicted octanol–water partition coefficient (Wildman–Crippen LogP) is 4.64. The van der Waals surface area contributed by atoms with Crippen LogP contribution in [0.1, 0.15) is 61.8 Å². The van der Waals surface area contributed by atoms with Gasteiger partial charge in [-0.15, -0.1) is 11.6 Å². The summed E-state index contributed by atoms with van der Waals surface area (Å²) in [6, 6.07) is 0. The fourth-order valence-electron chi connectivity index (χ4n) is 1.49. The second-order valence-corrected chi connectivity index (χ2v) is 7.38. The molecule has 0 heterocycles. The van der Waals surface area contributed by atoms with Crippen LogP contribution in [0.2, 0.25) is 0 Å². The van der Waals surface area contributed by atoms with Crippen LogP contribution in [0.4, 0.5) is 0 Å². The molecule has 0 aromatic rings. The number of hydrogen-bond donors (Lipinski definition) is 0. The quantitative estimate of drug-likeness (QED) is 0.602. The van der Waals surface area contributed by atoms with Crippen molar-refractivity contribution in [2.75, 3.05) is 12.5 Å². The Bertz CT molecular complexity index is 245. The van der Waals surface area contributed by atoms with E-state index in [2.05, 4.69) is 41.5 Å². The van der Waals surface area contributed by atoms with Crippen molar-refractivity contribution in [3.63, 3.8) is 0 Å². The van der Waals surface area contributed by atoms with Crippen molar-refractivity contribution in [1.82, 2.24) is 0 Å². The summed E-state index contributed by atoms with van der Waals surface area (Å²) in [6.45, 7) is 17.6. The van der Waals surface area contributed by atoms with Crippen molar-refractivity contribution in [3.8, 4) is 0 Å². The summed E-state index contributed by atoms with van der Waals surface area (Å²) in [5.41, 5.74) is -0.563. The molecule has 0 aromatic carbocycles. The Morgan fingerprint density at radius 2 is 1.44 bits per heavy atom. The Balaban J connectivity index is 4.25. The number of halogens is 1. The largest absolute Gasteiger partial charge is 0.374 e. The molecule has 0 fully saturated rings. The first-order chi connectivity index (χ1) is 7.92. The summed E-state index contributed by atoms with van der Waals surface area (Å²) in [7, 11) is 0. The fourth-order valence-corrected chi connectivity index (χ4v) is 1.57. The number of hydrogen-bond acceptors (Lipinski definition) is 2. The second-order valence-electron chi connectivity index (χ2n) is 7.11. The smallest absolute Gasteiger partial charge is 0.0761 e. The second kappa shape index (κ2) is 6.58. The van der Waals surface area contributed by atoms with E-state index in [9.17, 15) is 0 Å². The van der Waals surface area contributed by atoms with Crippen LogP contribution in [-0.4, -0.2) is 29.3 Å². The van der Waals surface area contributed by atoms with Crippen LogP contribution in [0.3, 0.4) is 0 Å². The van der Waals surface area contributed by atoms with E-state index in [1.54, 1.807) is 0 Å². The topological polar surface area (TPSA) is 18.5 Å². The maximum Gasteiger partial charge on any atom is 0.0761 e. The minimum Gasteiger partial charge on any atom is -0.374 e. The zero-order valence-electron chi connectivity index (χ0n) is 13.4. The zero-order valence-corrected chi connectivity index (χ0v) is 14.1. The average molecular weight is 279 g/mol. The Hall–Kier alpha value is 0.210. The minimum atomic E-state index is -0.259. The Morgan fingerprint density at radius 3 is 1.83 bits per heavy atom. The summed E-state index contributed by atoms with van der Waals surface area (Å²) in [4.78, 5) is 0. The number of rotatable bonds is 8. The van der Waals surface area contributed by atoms with Crippen LogP contribution >= 0.6 is 11.6 Å². The van der Waals surface area contributed by atoms with Gasteiger partial charge in [-0.2, -0.15) is 0 Å². The molecule has 18 heavy (non-hydrogen) atoms. The normalized spacial score (nSPS) is 14.3. The van der Waals surface area contributed by atoms with Gasteiger partial charge in [-0.25, -0.2) is 0 Å². The third-order valence-electron chi connectivity index (χ3n) is 3.45. The SMILES string of the molecule is CC(C)C(C)(C)OC(C)(C)CCOC(C)(C)CCl. The van der Waals surface area contributed by atoms with Gasteiger partial charge in [-0.3, -0.25) is 0 Å². The van der Waals surface area contributed by atoms with Gasteiger partial charge in [0.25, 0.3) is 0 Å². The molecule has 0 saturated carbocycles. The highest BCUT2D eigenvalue weighted by Crippen LogP contribution is 2.29. The van der Waals surface area contributed by atoms with E-state index in [1.165, 1.54) is 0 Å². The highest BCUT2D eigenvalue weighted by molar-refractivity contribution is 6.18. The highest BCUT2D eigenvalue weighted by Gasteiger charge is 2.32. The van der Waals surface area contributed by atoms with E-state index in [1.807, 2.05) is 13.8 Å². The van der Waals surface area contributed by atoms with Gasteiger partial charge < -0.3 is 9.47 Å². The van der Waals surface area contributed by atoms with Crippen molar-refractivity contribution in [2.45, 2.75) is 78.6 Å². The molecule has 110 valence electrons. The lowest BCUT2D eigenvalue weighted by Gasteiger charge is -2.39. The van der Waals surface area contributed by atoms with E-state index in [0.29, 0.717) is 18.4 Å². The van der Waals surface area contributed by atoms with Gasteiger partial charge >= 0.3 is 0 Å². The minimum absolute atomic E-state index is 0.120. The van der Waals surface area contributed by atoms with Gasteiger partial charge in [-0.05, 0) is 53.9 Å². The van der Waals surface area contributed by atoms with Crippen LogP contribution in [0.5, 0.6) is 0 Å². The predicted molar refractivity (Wildman–Crippen MR) is 79.4 cm³/mol. The first-order valence-electron chi connectivity index (χ1n) is 6.82. The van der Waals surface area contributed by atoms with E-state index in [-0.39, 0.29) is 16.8 Å². The summed E-state index contributed by atoms with van der Waals surface area (Å²) in [5.74, 6) is 0.989. The summed E-state index contributed by atoms with van der Waals surface area (Å²) >= 11 is 5.83. The van der Waals surface area contributed by atoms with Crippen molar-refractivity contribution in [1.29, 1.82) is 0 Å². The van der Waals surface area contributed by atoms with Crippen LogP contribution in [0.15, 0.2) is 0 Å². The van der Waals surface area contributed by atoms with Gasteiger partial charge in [0.05, 0.1) is 29.3 Å². The third-order valence-corrected chi connectivity index (χ3v) is 4.09. The van der Waals surface area contributed by atoms with E-state index < -0.39 is 0 Å². The summed E-state index contributed by atoms with van der Waals surface area (Å²) in [5, 5.41) is 0. The van der Waals surface area contributed by atoms with E-state index >= 15 is 0 Å². The number of ether oxygens (including phenoxy) is 2. The van der Waals surface area contributed by atoms with Crippen molar-refractivity contribution in [3.05, 3.63) is 0 Å². The van der Waals surface area contributed by atoms with Gasteiger partial charge in [0, 0.05) is 0 Å². The molecule has 3 heteroatoms. The molecule has 2 nitrogen and oxygen atoms in total. The lowest BCUT2D eigenvalue weighted by atomic mass is 9.92. The molecule has 0 amide bonds. The monoisotopic (exact) mass is 278 g/mol. The Morgan fingerprint density at radius 1 is 0.944 bits per heavy atom. The summed E-state index contributed by atoms with van der Waals surface area (Å²) in [6.07, 6.45) is 0.865. The molecule has 0 bridgehead atoms. The van der Waals surface area contributed by atoms with Crippen molar-refractivity contribution >= 4 is 11.6 Å². The van der Waals surface area contributed by atoms with E-state index in [0.717, 1.165) is 6.42 Å². The summed E-state index contributed by atoms with van der Waals surface area (Å²) < 4.78 is 12.0. The molecule has 0 N–H and O–H groups in total. The maximum atomic E-state index is 6.22. The van der Waals surface area contributed by atoms with Crippen molar-refractivity contribution < 1.29 is 9.47 Å². The fraction of sp³-hybridized carbons (Fsp3) is 1.00. The lowest BCUT2D eigenvalue weighted by Crippen LogP contribution is -2.41. The lowest BCUT2D eigenvalue weighted by molar-refractivity contribution is -0.156. The molecule has 0 rings (SSSR count). The first kappa shape index (κ1) is 18.2. The number of alkyl halides is 1. The Labute approximate surface area is 118 Å². The molecule has 0 aromatic heterocycles. The van der Waals surface area contributed by atoms with Gasteiger partial charge in [0.1, 0.15) is 0 Å².